The summed E-state index contributed by atoms with van der Waals surface area (Å²) in [5, 5.41) is 2.68. The molecule has 0 heterocycles. The van der Waals surface area contributed by atoms with Gasteiger partial charge in [0.25, 0.3) is 0 Å². The molecule has 0 bridgehead atoms. The van der Waals surface area contributed by atoms with Crippen molar-refractivity contribution in [2.45, 2.75) is 31.2 Å². The average molecular weight is 270 g/mol. The second-order valence-corrected chi connectivity index (χ2v) is 6.70. The van der Waals surface area contributed by atoms with E-state index in [0.717, 1.165) is 0 Å². The van der Waals surface area contributed by atoms with E-state index in [1.54, 1.807) is 18.2 Å². The molecule has 100 valence electrons. The van der Waals surface area contributed by atoms with Gasteiger partial charge >= 0.3 is 0 Å². The van der Waals surface area contributed by atoms with Gasteiger partial charge in [-0.1, -0.05) is 18.2 Å². The van der Waals surface area contributed by atoms with E-state index < -0.39 is 10.0 Å². The van der Waals surface area contributed by atoms with Crippen LogP contribution in [-0.4, -0.2) is 26.4 Å². The Morgan fingerprint density at radius 3 is 2.22 bits per heavy atom. The number of hydrogen-bond acceptors (Lipinski definition) is 3. The number of amides is 1. The first-order valence-electron chi connectivity index (χ1n) is 5.56. The molecule has 1 amide bonds. The lowest BCUT2D eigenvalue weighted by molar-refractivity contribution is -0.121. The van der Waals surface area contributed by atoms with Crippen molar-refractivity contribution in [3.8, 4) is 0 Å². The summed E-state index contributed by atoms with van der Waals surface area (Å²) < 4.78 is 25.9. The van der Waals surface area contributed by atoms with E-state index in [1.165, 1.54) is 12.1 Å². The van der Waals surface area contributed by atoms with Gasteiger partial charge in [0.15, 0.2) is 0 Å². The topological polar surface area (TPSA) is 75.3 Å². The lowest BCUT2D eigenvalue weighted by Crippen LogP contribution is -2.45. The predicted molar refractivity (Wildman–Crippen MR) is 69.5 cm³/mol. The molecular weight excluding hydrogens is 252 g/mol. The highest BCUT2D eigenvalue weighted by Gasteiger charge is 2.17. The summed E-state index contributed by atoms with van der Waals surface area (Å²) >= 11 is 0. The predicted octanol–water partition coefficient (Wildman–Crippen LogP) is 0.880. The van der Waals surface area contributed by atoms with Crippen LogP contribution in [0.2, 0.25) is 0 Å². The van der Waals surface area contributed by atoms with Crippen LogP contribution in [-0.2, 0) is 14.8 Å². The minimum atomic E-state index is -3.62. The van der Waals surface area contributed by atoms with Gasteiger partial charge in [0.1, 0.15) is 0 Å². The number of rotatable bonds is 4. The zero-order valence-corrected chi connectivity index (χ0v) is 11.5. The van der Waals surface area contributed by atoms with Crippen molar-refractivity contribution in [2.24, 2.45) is 0 Å². The normalized spacial score (nSPS) is 12.2. The highest BCUT2D eigenvalue weighted by atomic mass is 32.2. The zero-order chi connectivity index (χ0) is 13.8. The summed E-state index contributed by atoms with van der Waals surface area (Å²) in [7, 11) is -3.62. The fraction of sp³-hybridized carbons (Fsp3) is 0.417. The number of benzene rings is 1. The Bertz CT molecular complexity index is 504. The molecule has 0 unspecified atom stereocenters. The Labute approximate surface area is 108 Å². The summed E-state index contributed by atoms with van der Waals surface area (Å²) in [6.45, 7) is 5.22. The van der Waals surface area contributed by atoms with E-state index in [9.17, 15) is 13.2 Å². The molecule has 0 spiro atoms. The third-order valence-electron chi connectivity index (χ3n) is 1.99. The third-order valence-corrected chi connectivity index (χ3v) is 3.41. The van der Waals surface area contributed by atoms with Crippen LogP contribution in [0.25, 0.3) is 0 Å². The molecule has 0 aromatic heterocycles. The van der Waals surface area contributed by atoms with Gasteiger partial charge in [0.2, 0.25) is 15.9 Å². The summed E-state index contributed by atoms with van der Waals surface area (Å²) in [6.07, 6.45) is 0. The number of sulfonamides is 1. The Kier molecular flexibility index (Phi) is 4.48. The van der Waals surface area contributed by atoms with Crippen molar-refractivity contribution in [1.82, 2.24) is 10.0 Å². The fourth-order valence-electron chi connectivity index (χ4n) is 1.31. The fourth-order valence-corrected chi connectivity index (χ4v) is 2.31. The molecule has 0 radical (unpaired) electrons. The van der Waals surface area contributed by atoms with E-state index in [0.29, 0.717) is 0 Å². The molecule has 1 rings (SSSR count). The molecule has 6 heteroatoms. The van der Waals surface area contributed by atoms with Crippen LogP contribution >= 0.6 is 0 Å². The van der Waals surface area contributed by atoms with E-state index >= 15 is 0 Å². The minimum Gasteiger partial charge on any atom is -0.350 e. The molecule has 0 fully saturated rings. The van der Waals surface area contributed by atoms with Crippen molar-refractivity contribution in [3.05, 3.63) is 30.3 Å². The van der Waals surface area contributed by atoms with Crippen LogP contribution in [0.1, 0.15) is 20.8 Å². The molecule has 0 aliphatic rings. The molecule has 0 aliphatic heterocycles. The molecule has 1 aromatic carbocycles. The number of carbonyl (C=O) groups excluding carboxylic acids is 1. The van der Waals surface area contributed by atoms with E-state index in [2.05, 4.69) is 10.0 Å². The second kappa shape index (κ2) is 5.49. The van der Waals surface area contributed by atoms with Crippen LogP contribution in [0.15, 0.2) is 35.2 Å². The van der Waals surface area contributed by atoms with Crippen LogP contribution in [0.4, 0.5) is 0 Å². The first kappa shape index (κ1) is 14.7. The lowest BCUT2D eigenvalue weighted by Gasteiger charge is -2.20. The van der Waals surface area contributed by atoms with Crippen molar-refractivity contribution in [2.75, 3.05) is 6.54 Å². The van der Waals surface area contributed by atoms with Crippen LogP contribution in [0, 0.1) is 0 Å². The number of nitrogens with one attached hydrogen (secondary N) is 2. The highest BCUT2D eigenvalue weighted by Crippen LogP contribution is 2.06. The van der Waals surface area contributed by atoms with Gasteiger partial charge in [-0.2, -0.15) is 0 Å². The maximum atomic E-state index is 11.8. The SMILES string of the molecule is CC(C)(C)NC(=O)CNS(=O)(=O)c1ccccc1. The first-order valence-corrected chi connectivity index (χ1v) is 7.05. The van der Waals surface area contributed by atoms with Gasteiger partial charge in [0, 0.05) is 5.54 Å². The number of carbonyl (C=O) groups is 1. The molecule has 0 saturated carbocycles. The highest BCUT2D eigenvalue weighted by molar-refractivity contribution is 7.89. The summed E-state index contributed by atoms with van der Waals surface area (Å²) in [6, 6.07) is 7.94. The molecule has 1 aromatic rings. The quantitative estimate of drug-likeness (QED) is 0.853. The van der Waals surface area contributed by atoms with E-state index in [-0.39, 0.29) is 22.9 Å². The Morgan fingerprint density at radius 1 is 1.17 bits per heavy atom. The molecule has 0 atom stereocenters. The number of hydrogen-bond donors (Lipinski definition) is 2. The minimum absolute atomic E-state index is 0.147. The van der Waals surface area contributed by atoms with Gasteiger partial charge in [-0.25, -0.2) is 13.1 Å². The standard InChI is InChI=1S/C12H18N2O3S/c1-12(2,3)14-11(15)9-13-18(16,17)10-7-5-4-6-8-10/h4-8,13H,9H2,1-3H3,(H,14,15). The van der Waals surface area contributed by atoms with E-state index in [4.69, 9.17) is 0 Å². The van der Waals surface area contributed by atoms with Crippen molar-refractivity contribution < 1.29 is 13.2 Å². The largest absolute Gasteiger partial charge is 0.350 e. The third kappa shape index (κ3) is 4.85. The van der Waals surface area contributed by atoms with Crippen molar-refractivity contribution in [1.29, 1.82) is 0 Å². The zero-order valence-electron chi connectivity index (χ0n) is 10.7. The van der Waals surface area contributed by atoms with Crippen LogP contribution < -0.4 is 10.0 Å². The summed E-state index contributed by atoms with van der Waals surface area (Å²) in [5.41, 5.74) is -0.380. The molecule has 0 saturated heterocycles. The van der Waals surface area contributed by atoms with Gasteiger partial charge in [0.05, 0.1) is 11.4 Å². The van der Waals surface area contributed by atoms with Crippen molar-refractivity contribution >= 4 is 15.9 Å². The van der Waals surface area contributed by atoms with E-state index in [1.807, 2.05) is 20.8 Å². The summed E-state index contributed by atoms with van der Waals surface area (Å²) in [4.78, 5) is 11.6. The van der Waals surface area contributed by atoms with Gasteiger partial charge in [-0.15, -0.1) is 0 Å². The van der Waals surface area contributed by atoms with Crippen LogP contribution in [0.3, 0.4) is 0 Å². The average Bonchev–Trinajstić information content (AvgIpc) is 2.26. The van der Waals surface area contributed by atoms with Crippen molar-refractivity contribution in [3.63, 3.8) is 0 Å². The second-order valence-electron chi connectivity index (χ2n) is 4.94. The van der Waals surface area contributed by atoms with Gasteiger partial charge < -0.3 is 5.32 Å². The first-order chi connectivity index (χ1) is 8.21. The van der Waals surface area contributed by atoms with Gasteiger partial charge in [-0.3, -0.25) is 4.79 Å². The molecular formula is C12H18N2O3S. The molecule has 0 aliphatic carbocycles. The maximum absolute atomic E-state index is 11.8. The summed E-state index contributed by atoms with van der Waals surface area (Å²) in [5.74, 6) is -0.359. The maximum Gasteiger partial charge on any atom is 0.241 e. The molecule has 18 heavy (non-hydrogen) atoms. The molecule has 2 N–H and O–H groups in total. The van der Waals surface area contributed by atoms with Crippen LogP contribution in [0.5, 0.6) is 0 Å². The Hall–Kier alpha value is -1.40. The monoisotopic (exact) mass is 270 g/mol. The Morgan fingerprint density at radius 2 is 1.72 bits per heavy atom. The lowest BCUT2D eigenvalue weighted by atomic mass is 10.1. The molecule has 5 nitrogen and oxygen atoms in total. The van der Waals surface area contributed by atoms with Gasteiger partial charge in [-0.05, 0) is 32.9 Å². The smallest absolute Gasteiger partial charge is 0.241 e. The Balaban J connectivity index is 2.61.